The van der Waals surface area contributed by atoms with Gasteiger partial charge in [-0.25, -0.2) is 0 Å². The zero-order valence-corrected chi connectivity index (χ0v) is 12.3. The van der Waals surface area contributed by atoms with Gasteiger partial charge in [0.15, 0.2) is 0 Å². The molecule has 2 saturated heterocycles. The lowest BCUT2D eigenvalue weighted by Gasteiger charge is -2.24. The SMILES string of the molecule is O=[N+]([O-])c1cc(Cl)c(Cl)cc1N1C[C@@H]2CCCN[C@@H]2C1. The Morgan fingerprint density at radius 1 is 1.30 bits per heavy atom. The summed E-state index contributed by atoms with van der Waals surface area (Å²) in [5.74, 6) is 0.554. The molecule has 0 amide bonds. The second-order valence-corrected chi connectivity index (χ2v) is 6.19. The number of halogens is 2. The summed E-state index contributed by atoms with van der Waals surface area (Å²) >= 11 is 11.9. The molecule has 108 valence electrons. The van der Waals surface area contributed by atoms with Crippen molar-refractivity contribution >= 4 is 34.6 Å². The van der Waals surface area contributed by atoms with E-state index >= 15 is 0 Å². The van der Waals surface area contributed by atoms with Crippen molar-refractivity contribution in [1.29, 1.82) is 0 Å². The lowest BCUT2D eigenvalue weighted by molar-refractivity contribution is -0.384. The lowest BCUT2D eigenvalue weighted by atomic mass is 9.94. The highest BCUT2D eigenvalue weighted by atomic mass is 35.5. The lowest BCUT2D eigenvalue weighted by Crippen LogP contribution is -2.40. The maximum absolute atomic E-state index is 11.2. The van der Waals surface area contributed by atoms with Crippen molar-refractivity contribution < 1.29 is 4.92 Å². The fourth-order valence-corrected chi connectivity index (χ4v) is 3.48. The van der Waals surface area contributed by atoms with Crippen molar-refractivity contribution in [2.24, 2.45) is 5.92 Å². The van der Waals surface area contributed by atoms with E-state index in [1.807, 2.05) is 4.90 Å². The van der Waals surface area contributed by atoms with Gasteiger partial charge in [-0.3, -0.25) is 10.1 Å². The molecule has 2 aliphatic heterocycles. The van der Waals surface area contributed by atoms with Gasteiger partial charge in [0.05, 0.1) is 15.0 Å². The highest BCUT2D eigenvalue weighted by molar-refractivity contribution is 6.42. The van der Waals surface area contributed by atoms with Crippen LogP contribution in [0.15, 0.2) is 12.1 Å². The first kappa shape index (κ1) is 13.9. The molecule has 2 aliphatic rings. The summed E-state index contributed by atoms with van der Waals surface area (Å²) in [6, 6.07) is 3.37. The van der Waals surface area contributed by atoms with Gasteiger partial charge in [-0.1, -0.05) is 23.2 Å². The smallest absolute Gasteiger partial charge is 0.294 e. The van der Waals surface area contributed by atoms with Crippen molar-refractivity contribution in [1.82, 2.24) is 5.32 Å². The van der Waals surface area contributed by atoms with Crippen molar-refractivity contribution in [3.05, 3.63) is 32.3 Å². The van der Waals surface area contributed by atoms with Crippen LogP contribution in [0.4, 0.5) is 11.4 Å². The predicted molar refractivity (Wildman–Crippen MR) is 79.8 cm³/mol. The molecule has 1 aromatic rings. The number of nitrogens with zero attached hydrogens (tertiary/aromatic N) is 2. The third-order valence-corrected chi connectivity index (χ3v) is 4.88. The van der Waals surface area contributed by atoms with E-state index in [-0.39, 0.29) is 10.7 Å². The molecule has 0 aromatic heterocycles. The first-order valence-corrected chi connectivity index (χ1v) is 7.43. The molecule has 2 fully saturated rings. The fourth-order valence-electron chi connectivity index (χ4n) is 3.17. The van der Waals surface area contributed by atoms with Crippen LogP contribution in [-0.4, -0.2) is 30.6 Å². The number of piperidine rings is 1. The Kier molecular flexibility index (Phi) is 3.75. The van der Waals surface area contributed by atoms with Gasteiger partial charge in [-0.05, 0) is 31.4 Å². The van der Waals surface area contributed by atoms with Crippen molar-refractivity contribution in [3.63, 3.8) is 0 Å². The third kappa shape index (κ3) is 2.45. The van der Waals surface area contributed by atoms with E-state index in [2.05, 4.69) is 5.32 Å². The Morgan fingerprint density at radius 3 is 2.75 bits per heavy atom. The van der Waals surface area contributed by atoms with Crippen LogP contribution in [0, 0.1) is 16.0 Å². The van der Waals surface area contributed by atoms with Crippen LogP contribution in [0.25, 0.3) is 0 Å². The van der Waals surface area contributed by atoms with E-state index in [0.29, 0.717) is 22.7 Å². The zero-order valence-electron chi connectivity index (χ0n) is 10.8. The number of benzene rings is 1. The number of nitro groups is 1. The van der Waals surface area contributed by atoms with E-state index in [0.717, 1.165) is 19.6 Å². The second kappa shape index (κ2) is 5.39. The topological polar surface area (TPSA) is 58.4 Å². The molecule has 5 nitrogen and oxygen atoms in total. The largest absolute Gasteiger partial charge is 0.364 e. The molecule has 0 bridgehead atoms. The summed E-state index contributed by atoms with van der Waals surface area (Å²) in [6.07, 6.45) is 2.34. The van der Waals surface area contributed by atoms with Gasteiger partial charge in [0.1, 0.15) is 5.69 Å². The molecule has 0 spiro atoms. The third-order valence-electron chi connectivity index (χ3n) is 4.15. The number of nitrogens with one attached hydrogen (secondary N) is 1. The van der Waals surface area contributed by atoms with Crippen LogP contribution >= 0.6 is 23.2 Å². The molecule has 20 heavy (non-hydrogen) atoms. The average molecular weight is 316 g/mol. The maximum atomic E-state index is 11.2. The van der Waals surface area contributed by atoms with Crippen molar-refractivity contribution in [2.75, 3.05) is 24.5 Å². The highest BCUT2D eigenvalue weighted by Crippen LogP contribution is 2.39. The minimum absolute atomic E-state index is 0.0260. The van der Waals surface area contributed by atoms with Gasteiger partial charge in [-0.15, -0.1) is 0 Å². The van der Waals surface area contributed by atoms with E-state index in [1.54, 1.807) is 6.07 Å². The van der Waals surface area contributed by atoms with E-state index in [4.69, 9.17) is 23.2 Å². The summed E-state index contributed by atoms with van der Waals surface area (Å²) < 4.78 is 0. The molecule has 2 atom stereocenters. The van der Waals surface area contributed by atoms with Crippen LogP contribution < -0.4 is 10.2 Å². The van der Waals surface area contributed by atoms with Crippen LogP contribution in [0.1, 0.15) is 12.8 Å². The minimum Gasteiger partial charge on any atom is -0.364 e. The van der Waals surface area contributed by atoms with Crippen LogP contribution in [0.5, 0.6) is 0 Å². The van der Waals surface area contributed by atoms with Gasteiger partial charge >= 0.3 is 0 Å². The van der Waals surface area contributed by atoms with Crippen LogP contribution in [0.2, 0.25) is 10.0 Å². The summed E-state index contributed by atoms with van der Waals surface area (Å²) in [5.41, 5.74) is 0.596. The van der Waals surface area contributed by atoms with E-state index in [1.165, 1.54) is 18.9 Å². The molecule has 0 aliphatic carbocycles. The number of anilines is 1. The first-order chi connectivity index (χ1) is 9.56. The maximum Gasteiger partial charge on any atom is 0.294 e. The fraction of sp³-hybridized carbons (Fsp3) is 0.538. The van der Waals surface area contributed by atoms with Gasteiger partial charge in [0.2, 0.25) is 0 Å². The Bertz CT molecular complexity index is 539. The van der Waals surface area contributed by atoms with Gasteiger partial charge in [0.25, 0.3) is 5.69 Å². The average Bonchev–Trinajstić information content (AvgIpc) is 2.84. The van der Waals surface area contributed by atoms with Crippen LogP contribution in [-0.2, 0) is 0 Å². The number of rotatable bonds is 2. The molecular formula is C13H15Cl2N3O2. The number of hydrogen-bond acceptors (Lipinski definition) is 4. The van der Waals surface area contributed by atoms with Gasteiger partial charge in [-0.2, -0.15) is 0 Å². The molecular weight excluding hydrogens is 301 g/mol. The number of fused-ring (bicyclic) bond motifs is 1. The quantitative estimate of drug-likeness (QED) is 0.673. The van der Waals surface area contributed by atoms with Gasteiger partial charge in [0, 0.05) is 25.2 Å². The van der Waals surface area contributed by atoms with Crippen molar-refractivity contribution in [3.8, 4) is 0 Å². The summed E-state index contributed by atoms with van der Waals surface area (Å²) in [4.78, 5) is 12.9. The normalized spacial score (nSPS) is 25.6. The summed E-state index contributed by atoms with van der Waals surface area (Å²) in [7, 11) is 0. The molecule has 3 rings (SSSR count). The number of nitro benzene ring substituents is 1. The number of hydrogen-bond donors (Lipinski definition) is 1. The van der Waals surface area contributed by atoms with Crippen LogP contribution in [0.3, 0.4) is 0 Å². The molecule has 0 radical (unpaired) electrons. The zero-order chi connectivity index (χ0) is 14.3. The monoisotopic (exact) mass is 315 g/mol. The molecule has 0 unspecified atom stereocenters. The Morgan fingerprint density at radius 2 is 2.05 bits per heavy atom. The van der Waals surface area contributed by atoms with Gasteiger partial charge < -0.3 is 10.2 Å². The minimum atomic E-state index is -0.396. The second-order valence-electron chi connectivity index (χ2n) is 5.38. The molecule has 0 saturated carbocycles. The molecule has 7 heteroatoms. The summed E-state index contributed by atoms with van der Waals surface area (Å²) in [5, 5.41) is 15.3. The Hall–Kier alpha value is -1.04. The predicted octanol–water partition coefficient (Wildman–Crippen LogP) is 3.09. The highest BCUT2D eigenvalue weighted by Gasteiger charge is 2.36. The first-order valence-electron chi connectivity index (χ1n) is 6.68. The molecule has 1 aromatic carbocycles. The van der Waals surface area contributed by atoms with E-state index in [9.17, 15) is 10.1 Å². The van der Waals surface area contributed by atoms with Crippen molar-refractivity contribution in [2.45, 2.75) is 18.9 Å². The standard InChI is InChI=1S/C13H15Cl2N3O2/c14-9-4-12(13(18(19)20)5-10(9)15)17-6-8-2-1-3-16-11(8)7-17/h4-5,8,11,16H,1-3,6-7H2/t8-,11+/m0/s1. The summed E-state index contributed by atoms with van der Waals surface area (Å²) in [6.45, 7) is 2.64. The Labute approximate surface area is 127 Å². The van der Waals surface area contributed by atoms with E-state index < -0.39 is 4.92 Å². The molecule has 1 N–H and O–H groups in total. The molecule has 2 heterocycles. The Balaban J connectivity index is 1.93.